The molecule has 2 aromatic heterocycles. The largest absolute Gasteiger partial charge is 0.364 e. The van der Waals surface area contributed by atoms with E-state index in [1.165, 1.54) is 0 Å². The number of rotatable bonds is 3. The van der Waals surface area contributed by atoms with Gasteiger partial charge in [-0.3, -0.25) is 0 Å². The lowest BCUT2D eigenvalue weighted by Crippen LogP contribution is -2.35. The SMILES string of the molecule is O=C(ON1CCC(c2nc3sc(Br)cn3n2)CC1)c1ccccc1. The molecule has 0 unspecified atom stereocenters. The molecule has 0 N–H and O–H groups in total. The van der Waals surface area contributed by atoms with Crippen molar-refractivity contribution in [3.63, 3.8) is 0 Å². The third-order valence-corrected chi connectivity index (χ3v) is 5.52. The molecule has 6 nitrogen and oxygen atoms in total. The Morgan fingerprint density at radius 1 is 1.25 bits per heavy atom. The summed E-state index contributed by atoms with van der Waals surface area (Å²) in [6.45, 7) is 1.39. The monoisotopic (exact) mass is 406 g/mol. The van der Waals surface area contributed by atoms with Crippen LogP contribution in [0.15, 0.2) is 40.3 Å². The van der Waals surface area contributed by atoms with E-state index in [0.717, 1.165) is 27.4 Å². The summed E-state index contributed by atoms with van der Waals surface area (Å²) in [5.74, 6) is 0.880. The van der Waals surface area contributed by atoms with Gasteiger partial charge in [-0.25, -0.2) is 14.3 Å². The van der Waals surface area contributed by atoms with Crippen LogP contribution in [-0.2, 0) is 4.84 Å². The van der Waals surface area contributed by atoms with Gasteiger partial charge in [0.1, 0.15) is 0 Å². The third-order valence-electron chi connectivity index (χ3n) is 4.07. The van der Waals surface area contributed by atoms with Crippen molar-refractivity contribution in [3.8, 4) is 0 Å². The van der Waals surface area contributed by atoms with Gasteiger partial charge in [-0.1, -0.05) is 29.5 Å². The summed E-state index contributed by atoms with van der Waals surface area (Å²) in [4.78, 5) is 23.1. The van der Waals surface area contributed by atoms with Crippen LogP contribution in [0.3, 0.4) is 0 Å². The highest BCUT2D eigenvalue weighted by molar-refractivity contribution is 9.11. The zero-order chi connectivity index (χ0) is 16.5. The molecule has 0 spiro atoms. The summed E-state index contributed by atoms with van der Waals surface area (Å²) in [5.41, 5.74) is 0.571. The Morgan fingerprint density at radius 3 is 2.71 bits per heavy atom. The van der Waals surface area contributed by atoms with Crippen LogP contribution in [0, 0.1) is 0 Å². The van der Waals surface area contributed by atoms with Gasteiger partial charge < -0.3 is 4.84 Å². The molecule has 8 heteroatoms. The Bertz CT molecular complexity index is 824. The van der Waals surface area contributed by atoms with Crippen molar-refractivity contribution in [1.29, 1.82) is 0 Å². The number of carbonyl (C=O) groups is 1. The fourth-order valence-corrected chi connectivity index (χ4v) is 4.09. The van der Waals surface area contributed by atoms with Crippen LogP contribution in [-0.4, -0.2) is 38.7 Å². The second kappa shape index (κ2) is 6.62. The summed E-state index contributed by atoms with van der Waals surface area (Å²) in [7, 11) is 0. The van der Waals surface area contributed by atoms with Gasteiger partial charge in [0, 0.05) is 19.0 Å². The van der Waals surface area contributed by atoms with Crippen molar-refractivity contribution < 1.29 is 9.63 Å². The number of hydrogen-bond acceptors (Lipinski definition) is 6. The standard InChI is InChI=1S/C16H15BrN4O2S/c17-13-10-21-16(24-13)18-14(19-21)11-6-8-20(9-7-11)23-15(22)12-4-2-1-3-5-12/h1-5,10-11H,6-9H2. The lowest BCUT2D eigenvalue weighted by molar-refractivity contribution is -0.122. The van der Waals surface area contributed by atoms with E-state index in [-0.39, 0.29) is 5.97 Å². The van der Waals surface area contributed by atoms with E-state index in [1.807, 2.05) is 28.9 Å². The molecule has 0 atom stereocenters. The molecule has 0 amide bonds. The molecule has 0 bridgehead atoms. The van der Waals surface area contributed by atoms with Gasteiger partial charge in [0.25, 0.3) is 0 Å². The van der Waals surface area contributed by atoms with Crippen LogP contribution in [0.2, 0.25) is 0 Å². The Hall–Kier alpha value is -1.77. The molecule has 3 heterocycles. The second-order valence-corrected chi connectivity index (χ2v) is 8.07. The van der Waals surface area contributed by atoms with Crippen molar-refractivity contribution >= 4 is 38.2 Å². The minimum Gasteiger partial charge on any atom is -0.364 e. The van der Waals surface area contributed by atoms with E-state index in [1.54, 1.807) is 28.5 Å². The number of piperidine rings is 1. The number of hydroxylamine groups is 2. The molecule has 1 aliphatic heterocycles. The van der Waals surface area contributed by atoms with E-state index in [2.05, 4.69) is 26.0 Å². The topological polar surface area (TPSA) is 59.7 Å². The predicted octanol–water partition coefficient (Wildman–Crippen LogP) is 3.50. The van der Waals surface area contributed by atoms with E-state index in [9.17, 15) is 4.79 Å². The second-order valence-electron chi connectivity index (χ2n) is 5.68. The van der Waals surface area contributed by atoms with Gasteiger partial charge in [-0.05, 0) is 40.9 Å². The molecule has 0 aliphatic carbocycles. The molecule has 1 saturated heterocycles. The smallest absolute Gasteiger partial charge is 0.357 e. The molecule has 1 aromatic carbocycles. The number of nitrogens with zero attached hydrogens (tertiary/aromatic N) is 4. The number of thiazole rings is 1. The van der Waals surface area contributed by atoms with Crippen LogP contribution in [0.4, 0.5) is 0 Å². The van der Waals surface area contributed by atoms with Crippen LogP contribution in [0.25, 0.3) is 4.96 Å². The lowest BCUT2D eigenvalue weighted by Gasteiger charge is -2.29. The summed E-state index contributed by atoms with van der Waals surface area (Å²) >= 11 is 5.01. The van der Waals surface area contributed by atoms with E-state index in [0.29, 0.717) is 24.6 Å². The normalized spacial score (nSPS) is 16.5. The fraction of sp³-hybridized carbons (Fsp3) is 0.312. The first-order valence-electron chi connectivity index (χ1n) is 7.73. The molecule has 1 fully saturated rings. The van der Waals surface area contributed by atoms with Crippen molar-refractivity contribution in [3.05, 3.63) is 51.7 Å². The highest BCUT2D eigenvalue weighted by Crippen LogP contribution is 2.29. The maximum Gasteiger partial charge on any atom is 0.357 e. The van der Waals surface area contributed by atoms with Crippen LogP contribution >= 0.6 is 27.3 Å². The van der Waals surface area contributed by atoms with Crippen LogP contribution in [0.5, 0.6) is 0 Å². The summed E-state index contributed by atoms with van der Waals surface area (Å²) < 4.78 is 2.83. The first-order chi connectivity index (χ1) is 11.7. The summed E-state index contributed by atoms with van der Waals surface area (Å²) in [6.07, 6.45) is 3.68. The first-order valence-corrected chi connectivity index (χ1v) is 9.34. The maximum atomic E-state index is 12.1. The number of halogens is 1. The van der Waals surface area contributed by atoms with E-state index < -0.39 is 0 Å². The molecule has 124 valence electrons. The summed E-state index contributed by atoms with van der Waals surface area (Å²) in [6, 6.07) is 9.06. The molecular weight excluding hydrogens is 392 g/mol. The number of carbonyl (C=O) groups excluding carboxylic acids is 1. The molecular formula is C16H15BrN4O2S. The number of benzene rings is 1. The Kier molecular flexibility index (Phi) is 4.34. The molecule has 1 aliphatic rings. The zero-order valence-corrected chi connectivity index (χ0v) is 15.2. The molecule has 0 saturated carbocycles. The van der Waals surface area contributed by atoms with Gasteiger partial charge in [0.2, 0.25) is 4.96 Å². The molecule has 3 aromatic rings. The first kappa shape index (κ1) is 15.7. The van der Waals surface area contributed by atoms with E-state index >= 15 is 0 Å². The Labute approximate surface area is 151 Å². The Balaban J connectivity index is 1.36. The van der Waals surface area contributed by atoms with Crippen LogP contribution < -0.4 is 0 Å². The minimum absolute atomic E-state index is 0.306. The van der Waals surface area contributed by atoms with Gasteiger partial charge in [0.05, 0.1) is 15.5 Å². The third kappa shape index (κ3) is 3.22. The zero-order valence-electron chi connectivity index (χ0n) is 12.8. The van der Waals surface area contributed by atoms with Crippen molar-refractivity contribution in [2.24, 2.45) is 0 Å². The number of fused-ring (bicyclic) bond motifs is 1. The average Bonchev–Trinajstić information content (AvgIpc) is 3.13. The molecule has 4 rings (SSSR count). The van der Waals surface area contributed by atoms with Gasteiger partial charge in [0.15, 0.2) is 5.82 Å². The molecule has 24 heavy (non-hydrogen) atoms. The minimum atomic E-state index is -0.306. The van der Waals surface area contributed by atoms with Gasteiger partial charge >= 0.3 is 5.97 Å². The van der Waals surface area contributed by atoms with Crippen molar-refractivity contribution in [2.75, 3.05) is 13.1 Å². The lowest BCUT2D eigenvalue weighted by atomic mass is 9.97. The van der Waals surface area contributed by atoms with Crippen molar-refractivity contribution in [2.45, 2.75) is 18.8 Å². The van der Waals surface area contributed by atoms with Crippen LogP contribution in [0.1, 0.15) is 34.9 Å². The number of hydrogen-bond donors (Lipinski definition) is 0. The molecule has 0 radical (unpaired) electrons. The highest BCUT2D eigenvalue weighted by Gasteiger charge is 2.26. The van der Waals surface area contributed by atoms with Crippen molar-refractivity contribution in [1.82, 2.24) is 19.7 Å². The van der Waals surface area contributed by atoms with E-state index in [4.69, 9.17) is 4.84 Å². The average molecular weight is 407 g/mol. The summed E-state index contributed by atoms with van der Waals surface area (Å²) in [5, 5.41) is 6.29. The quantitative estimate of drug-likeness (QED) is 0.665. The Morgan fingerprint density at radius 2 is 2.00 bits per heavy atom. The highest BCUT2D eigenvalue weighted by atomic mass is 79.9. The van der Waals surface area contributed by atoms with Gasteiger partial charge in [-0.15, -0.1) is 5.06 Å². The van der Waals surface area contributed by atoms with Gasteiger partial charge in [-0.2, -0.15) is 5.10 Å². The number of aromatic nitrogens is 3. The fourth-order valence-electron chi connectivity index (χ4n) is 2.81. The predicted molar refractivity (Wildman–Crippen MR) is 94.0 cm³/mol. The maximum absolute atomic E-state index is 12.1.